The van der Waals surface area contributed by atoms with E-state index in [-0.39, 0.29) is 0 Å². The second kappa shape index (κ2) is 6.83. The van der Waals surface area contributed by atoms with E-state index in [4.69, 9.17) is 21.1 Å². The number of halogens is 1. The number of aromatic nitrogens is 2. The summed E-state index contributed by atoms with van der Waals surface area (Å²) in [6.45, 7) is 5.21. The van der Waals surface area contributed by atoms with Crippen molar-refractivity contribution in [2.24, 2.45) is 0 Å². The summed E-state index contributed by atoms with van der Waals surface area (Å²) < 4.78 is 12.5. The van der Waals surface area contributed by atoms with E-state index >= 15 is 0 Å². The minimum absolute atomic E-state index is 0.614. The first-order chi connectivity index (χ1) is 10.1. The van der Waals surface area contributed by atoms with E-state index < -0.39 is 0 Å². The van der Waals surface area contributed by atoms with Crippen LogP contribution in [0.4, 0.5) is 5.95 Å². The topological polar surface area (TPSA) is 48.3 Å². The Morgan fingerprint density at radius 2 is 2.05 bits per heavy atom. The van der Waals surface area contributed by atoms with Gasteiger partial charge in [-0.3, -0.25) is 4.57 Å². The molecular weight excluding hydrogens is 290 g/mol. The standard InChI is InChI=1S/C15H20ClN3O2/c1-10-7-13(14(21-4)8-12(10)16)19-9-11(2)18-15(19)17-5-6-20-3/h7-9H,5-6H2,1-4H3,(H,17,18). The molecule has 114 valence electrons. The SMILES string of the molecule is COCCNc1nc(C)cn1-c1cc(C)c(Cl)cc1OC. The van der Waals surface area contributed by atoms with Gasteiger partial charge in [0.2, 0.25) is 5.95 Å². The average molecular weight is 310 g/mol. The van der Waals surface area contributed by atoms with E-state index in [0.29, 0.717) is 23.9 Å². The zero-order valence-corrected chi connectivity index (χ0v) is 13.5. The number of ether oxygens (including phenoxy) is 2. The van der Waals surface area contributed by atoms with E-state index in [1.54, 1.807) is 14.2 Å². The molecule has 0 saturated carbocycles. The van der Waals surface area contributed by atoms with Gasteiger partial charge in [0.05, 0.1) is 25.1 Å². The van der Waals surface area contributed by atoms with Crippen LogP contribution in [0.2, 0.25) is 5.02 Å². The average Bonchev–Trinajstić information content (AvgIpc) is 2.82. The maximum Gasteiger partial charge on any atom is 0.207 e. The van der Waals surface area contributed by atoms with Gasteiger partial charge >= 0.3 is 0 Å². The number of hydrogen-bond donors (Lipinski definition) is 1. The summed E-state index contributed by atoms with van der Waals surface area (Å²) in [5.41, 5.74) is 2.81. The molecule has 0 radical (unpaired) electrons. The van der Waals surface area contributed by atoms with Gasteiger partial charge in [0.25, 0.3) is 0 Å². The number of benzene rings is 1. The van der Waals surface area contributed by atoms with Crippen molar-refractivity contribution in [3.8, 4) is 11.4 Å². The predicted molar refractivity (Wildman–Crippen MR) is 85.0 cm³/mol. The van der Waals surface area contributed by atoms with Crippen molar-refractivity contribution in [2.75, 3.05) is 32.7 Å². The Morgan fingerprint density at radius 3 is 2.71 bits per heavy atom. The molecule has 0 aliphatic carbocycles. The van der Waals surface area contributed by atoms with Crippen molar-refractivity contribution in [1.29, 1.82) is 0 Å². The zero-order chi connectivity index (χ0) is 15.4. The molecule has 2 aromatic rings. The number of hydrogen-bond acceptors (Lipinski definition) is 4. The summed E-state index contributed by atoms with van der Waals surface area (Å²) in [5.74, 6) is 1.46. The molecule has 0 aliphatic rings. The Kier molecular flexibility index (Phi) is 5.09. The minimum Gasteiger partial charge on any atom is -0.495 e. The van der Waals surface area contributed by atoms with E-state index in [1.165, 1.54) is 0 Å². The fourth-order valence-corrected chi connectivity index (χ4v) is 2.22. The fourth-order valence-electron chi connectivity index (χ4n) is 2.07. The Balaban J connectivity index is 2.43. The summed E-state index contributed by atoms with van der Waals surface area (Å²) in [6.07, 6.45) is 1.96. The van der Waals surface area contributed by atoms with Crippen molar-refractivity contribution in [2.45, 2.75) is 13.8 Å². The quantitative estimate of drug-likeness (QED) is 0.832. The van der Waals surface area contributed by atoms with Crippen LogP contribution >= 0.6 is 11.6 Å². The second-order valence-electron chi connectivity index (χ2n) is 4.77. The number of methoxy groups -OCH3 is 2. The maximum atomic E-state index is 6.16. The molecule has 0 atom stereocenters. The minimum atomic E-state index is 0.614. The fraction of sp³-hybridized carbons (Fsp3) is 0.400. The zero-order valence-electron chi connectivity index (χ0n) is 12.7. The Labute approximate surface area is 129 Å². The Bertz CT molecular complexity index is 626. The summed E-state index contributed by atoms with van der Waals surface area (Å²) >= 11 is 6.16. The number of nitrogens with one attached hydrogen (secondary N) is 1. The number of anilines is 1. The van der Waals surface area contributed by atoms with Crippen LogP contribution in [0.15, 0.2) is 18.3 Å². The van der Waals surface area contributed by atoms with Gasteiger partial charge in [-0.2, -0.15) is 0 Å². The first-order valence-corrected chi connectivity index (χ1v) is 7.08. The lowest BCUT2D eigenvalue weighted by Crippen LogP contribution is -2.12. The first kappa shape index (κ1) is 15.7. The molecule has 21 heavy (non-hydrogen) atoms. The monoisotopic (exact) mass is 309 g/mol. The third kappa shape index (κ3) is 3.49. The largest absolute Gasteiger partial charge is 0.495 e. The van der Waals surface area contributed by atoms with Crippen LogP contribution in [0.3, 0.4) is 0 Å². The van der Waals surface area contributed by atoms with Crippen LogP contribution < -0.4 is 10.1 Å². The predicted octanol–water partition coefficient (Wildman–Crippen LogP) is 3.21. The van der Waals surface area contributed by atoms with Crippen molar-refractivity contribution in [3.05, 3.63) is 34.6 Å². The highest BCUT2D eigenvalue weighted by molar-refractivity contribution is 6.31. The van der Waals surface area contributed by atoms with Crippen LogP contribution in [0.25, 0.3) is 5.69 Å². The number of aryl methyl sites for hydroxylation is 2. The van der Waals surface area contributed by atoms with E-state index in [2.05, 4.69) is 10.3 Å². The summed E-state index contributed by atoms with van der Waals surface area (Å²) in [7, 11) is 3.30. The second-order valence-corrected chi connectivity index (χ2v) is 5.18. The van der Waals surface area contributed by atoms with Crippen LogP contribution in [-0.2, 0) is 4.74 Å². The van der Waals surface area contributed by atoms with Gasteiger partial charge < -0.3 is 14.8 Å². The van der Waals surface area contributed by atoms with Gasteiger partial charge in [-0.1, -0.05) is 11.6 Å². The van der Waals surface area contributed by atoms with Crippen molar-refractivity contribution >= 4 is 17.5 Å². The van der Waals surface area contributed by atoms with Crippen LogP contribution in [-0.4, -0.2) is 36.9 Å². The third-order valence-electron chi connectivity index (χ3n) is 3.14. The van der Waals surface area contributed by atoms with E-state index in [9.17, 15) is 0 Å². The summed E-state index contributed by atoms with van der Waals surface area (Å²) in [4.78, 5) is 4.49. The lowest BCUT2D eigenvalue weighted by Gasteiger charge is -2.14. The van der Waals surface area contributed by atoms with Gasteiger partial charge in [0.1, 0.15) is 5.75 Å². The number of imidazole rings is 1. The van der Waals surface area contributed by atoms with Gasteiger partial charge in [-0.25, -0.2) is 4.98 Å². The highest BCUT2D eigenvalue weighted by atomic mass is 35.5. The molecule has 1 aromatic heterocycles. The smallest absolute Gasteiger partial charge is 0.207 e. The molecule has 0 spiro atoms. The van der Waals surface area contributed by atoms with Crippen molar-refractivity contribution < 1.29 is 9.47 Å². The first-order valence-electron chi connectivity index (χ1n) is 6.70. The molecule has 0 fully saturated rings. The molecule has 0 saturated heterocycles. The normalized spacial score (nSPS) is 10.7. The van der Waals surface area contributed by atoms with Gasteiger partial charge in [-0.05, 0) is 25.5 Å². The molecule has 0 amide bonds. The van der Waals surface area contributed by atoms with Crippen molar-refractivity contribution in [1.82, 2.24) is 9.55 Å². The van der Waals surface area contributed by atoms with E-state index in [0.717, 1.165) is 22.9 Å². The molecule has 1 heterocycles. The molecule has 1 N–H and O–H groups in total. The van der Waals surface area contributed by atoms with Crippen molar-refractivity contribution in [3.63, 3.8) is 0 Å². The molecule has 5 nitrogen and oxygen atoms in total. The molecule has 0 unspecified atom stereocenters. The van der Waals surface area contributed by atoms with Gasteiger partial charge in [0, 0.05) is 30.9 Å². The van der Waals surface area contributed by atoms with Crippen LogP contribution in [0.1, 0.15) is 11.3 Å². The molecule has 2 rings (SSSR count). The molecular formula is C15H20ClN3O2. The lowest BCUT2D eigenvalue weighted by atomic mass is 10.2. The molecule has 6 heteroatoms. The molecule has 1 aromatic carbocycles. The van der Waals surface area contributed by atoms with Crippen LogP contribution in [0.5, 0.6) is 5.75 Å². The molecule has 0 aliphatic heterocycles. The molecule has 0 bridgehead atoms. The Hall–Kier alpha value is -1.72. The highest BCUT2D eigenvalue weighted by Gasteiger charge is 2.13. The van der Waals surface area contributed by atoms with Gasteiger partial charge in [-0.15, -0.1) is 0 Å². The third-order valence-corrected chi connectivity index (χ3v) is 3.54. The summed E-state index contributed by atoms with van der Waals surface area (Å²) in [6, 6.07) is 3.81. The number of rotatable bonds is 6. The van der Waals surface area contributed by atoms with Gasteiger partial charge in [0.15, 0.2) is 0 Å². The maximum absolute atomic E-state index is 6.16. The summed E-state index contributed by atoms with van der Waals surface area (Å²) in [5, 5.41) is 3.94. The van der Waals surface area contributed by atoms with Crippen LogP contribution in [0, 0.1) is 13.8 Å². The Morgan fingerprint density at radius 1 is 1.29 bits per heavy atom. The van der Waals surface area contributed by atoms with E-state index in [1.807, 2.05) is 36.7 Å². The number of nitrogens with zero attached hydrogens (tertiary/aromatic N) is 2. The highest BCUT2D eigenvalue weighted by Crippen LogP contribution is 2.31. The lowest BCUT2D eigenvalue weighted by molar-refractivity contribution is 0.210.